The van der Waals surface area contributed by atoms with Crippen molar-refractivity contribution in [3.8, 4) is 0 Å². The van der Waals surface area contributed by atoms with Gasteiger partial charge in [-0.2, -0.15) is 0 Å². The highest BCUT2D eigenvalue weighted by Crippen LogP contribution is 2.30. The summed E-state index contributed by atoms with van der Waals surface area (Å²) in [5, 5.41) is 0. The van der Waals surface area contributed by atoms with Crippen LogP contribution in [0.25, 0.3) is 0 Å². The van der Waals surface area contributed by atoms with Crippen LogP contribution >= 0.6 is 0 Å². The molecule has 0 spiro atoms. The first-order chi connectivity index (χ1) is 5.62. The Morgan fingerprint density at radius 3 is 2.83 bits per heavy atom. The van der Waals surface area contributed by atoms with Crippen molar-refractivity contribution in [2.24, 2.45) is 0 Å². The average molecular weight is 170 g/mol. The zero-order valence-corrected chi connectivity index (χ0v) is 7.50. The number of hydrogen-bond acceptors (Lipinski definition) is 3. The van der Waals surface area contributed by atoms with Gasteiger partial charge in [0.2, 0.25) is 0 Å². The molecule has 1 fully saturated rings. The lowest BCUT2D eigenvalue weighted by Gasteiger charge is -2.25. The average Bonchev–Trinajstić information content (AvgIpc) is 2.86. The second kappa shape index (κ2) is 3.27. The molecule has 0 aromatic rings. The first kappa shape index (κ1) is 9.26. The molecule has 0 bridgehead atoms. The summed E-state index contributed by atoms with van der Waals surface area (Å²) in [5.41, 5.74) is -0.467. The smallest absolute Gasteiger partial charge is 0.330 e. The van der Waals surface area contributed by atoms with E-state index in [1.807, 2.05) is 13.8 Å². The van der Waals surface area contributed by atoms with Gasteiger partial charge in [0, 0.05) is 6.08 Å². The molecular formula is C9H14O3. The Bertz CT molecular complexity index is 196. The molecule has 0 aliphatic carbocycles. The van der Waals surface area contributed by atoms with E-state index in [0.29, 0.717) is 6.61 Å². The minimum atomic E-state index is -0.467. The summed E-state index contributed by atoms with van der Waals surface area (Å²) >= 11 is 0. The van der Waals surface area contributed by atoms with Crippen molar-refractivity contribution in [3.63, 3.8) is 0 Å². The number of carbonyl (C=O) groups excluding carboxylic acids is 1. The molecule has 1 aliphatic rings. The van der Waals surface area contributed by atoms with Gasteiger partial charge in [-0.1, -0.05) is 13.5 Å². The lowest BCUT2D eigenvalue weighted by atomic mass is 9.99. The van der Waals surface area contributed by atoms with E-state index >= 15 is 0 Å². The number of ether oxygens (including phenoxy) is 2. The fourth-order valence-corrected chi connectivity index (χ4v) is 1.04. The molecule has 3 heteroatoms. The van der Waals surface area contributed by atoms with Crippen molar-refractivity contribution in [3.05, 3.63) is 12.7 Å². The number of epoxide rings is 1. The summed E-state index contributed by atoms with van der Waals surface area (Å²) in [6, 6.07) is 0. The maximum Gasteiger partial charge on any atom is 0.330 e. The molecule has 1 saturated heterocycles. The van der Waals surface area contributed by atoms with Crippen molar-refractivity contribution >= 4 is 5.97 Å². The number of carbonyl (C=O) groups is 1. The lowest BCUT2D eigenvalue weighted by Crippen LogP contribution is -2.36. The molecule has 12 heavy (non-hydrogen) atoms. The monoisotopic (exact) mass is 170 g/mol. The highest BCUT2D eigenvalue weighted by molar-refractivity contribution is 5.81. The van der Waals surface area contributed by atoms with Crippen molar-refractivity contribution < 1.29 is 14.3 Å². The van der Waals surface area contributed by atoms with Gasteiger partial charge < -0.3 is 9.47 Å². The number of rotatable bonds is 4. The summed E-state index contributed by atoms with van der Waals surface area (Å²) < 4.78 is 10.3. The molecular weight excluding hydrogens is 156 g/mol. The quantitative estimate of drug-likeness (QED) is 0.362. The third-order valence-corrected chi connectivity index (χ3v) is 2.22. The van der Waals surface area contributed by atoms with Gasteiger partial charge in [-0.3, -0.25) is 0 Å². The lowest BCUT2D eigenvalue weighted by molar-refractivity contribution is -0.154. The van der Waals surface area contributed by atoms with E-state index in [2.05, 4.69) is 6.58 Å². The molecule has 1 rings (SSSR count). The topological polar surface area (TPSA) is 38.8 Å². The minimum absolute atomic E-state index is 0.0754. The Labute approximate surface area is 72.4 Å². The van der Waals surface area contributed by atoms with Crippen molar-refractivity contribution in [1.29, 1.82) is 0 Å². The zero-order chi connectivity index (χ0) is 9.19. The normalized spacial score (nSPS) is 25.7. The highest BCUT2D eigenvalue weighted by atomic mass is 16.6. The van der Waals surface area contributed by atoms with Gasteiger partial charge in [0.15, 0.2) is 0 Å². The van der Waals surface area contributed by atoms with E-state index in [1.165, 1.54) is 6.08 Å². The van der Waals surface area contributed by atoms with Crippen LogP contribution in [0.2, 0.25) is 0 Å². The summed E-state index contributed by atoms with van der Waals surface area (Å²) in [5.74, 6) is -0.380. The van der Waals surface area contributed by atoms with Crippen LogP contribution in [0.1, 0.15) is 20.3 Å². The maximum atomic E-state index is 10.9. The SMILES string of the molecule is C=CC(=O)OC(C)(CC)C1CO1. The minimum Gasteiger partial charge on any atom is -0.453 e. The van der Waals surface area contributed by atoms with Crippen LogP contribution in [-0.4, -0.2) is 24.3 Å². The fraction of sp³-hybridized carbons (Fsp3) is 0.667. The van der Waals surface area contributed by atoms with E-state index in [4.69, 9.17) is 9.47 Å². The Morgan fingerprint density at radius 1 is 1.92 bits per heavy atom. The van der Waals surface area contributed by atoms with Crippen LogP contribution in [0.4, 0.5) is 0 Å². The highest BCUT2D eigenvalue weighted by Gasteiger charge is 2.44. The van der Waals surface area contributed by atoms with Gasteiger partial charge in [-0.25, -0.2) is 4.79 Å². The van der Waals surface area contributed by atoms with Crippen molar-refractivity contribution in [2.45, 2.75) is 32.0 Å². The van der Waals surface area contributed by atoms with E-state index < -0.39 is 5.60 Å². The third kappa shape index (κ3) is 1.85. The van der Waals surface area contributed by atoms with Crippen molar-refractivity contribution in [2.75, 3.05) is 6.61 Å². The molecule has 2 unspecified atom stereocenters. The third-order valence-electron chi connectivity index (χ3n) is 2.22. The fourth-order valence-electron chi connectivity index (χ4n) is 1.04. The van der Waals surface area contributed by atoms with Gasteiger partial charge in [-0.15, -0.1) is 0 Å². The largest absolute Gasteiger partial charge is 0.453 e. The molecule has 0 aromatic carbocycles. The van der Waals surface area contributed by atoms with E-state index in [9.17, 15) is 4.79 Å². The molecule has 1 heterocycles. The van der Waals surface area contributed by atoms with Crippen LogP contribution in [0.15, 0.2) is 12.7 Å². The first-order valence-corrected chi connectivity index (χ1v) is 4.09. The number of esters is 1. The van der Waals surface area contributed by atoms with E-state index in [1.54, 1.807) is 0 Å². The van der Waals surface area contributed by atoms with Gasteiger partial charge in [0.1, 0.15) is 11.7 Å². The Kier molecular flexibility index (Phi) is 2.52. The first-order valence-electron chi connectivity index (χ1n) is 4.09. The van der Waals surface area contributed by atoms with Gasteiger partial charge in [0.05, 0.1) is 6.61 Å². The molecule has 0 saturated carbocycles. The van der Waals surface area contributed by atoms with Crippen LogP contribution < -0.4 is 0 Å². The molecule has 0 aromatic heterocycles. The summed E-state index contributed by atoms with van der Waals surface area (Å²) in [7, 11) is 0. The molecule has 0 radical (unpaired) electrons. The van der Waals surface area contributed by atoms with Crippen LogP contribution in [0.5, 0.6) is 0 Å². The van der Waals surface area contributed by atoms with Crippen molar-refractivity contribution in [1.82, 2.24) is 0 Å². The summed E-state index contributed by atoms with van der Waals surface area (Å²) in [4.78, 5) is 10.9. The second-order valence-electron chi connectivity index (χ2n) is 3.11. The molecule has 68 valence electrons. The number of hydrogen-bond donors (Lipinski definition) is 0. The Balaban J connectivity index is 2.53. The Hall–Kier alpha value is -0.830. The predicted octanol–water partition coefficient (Wildman–Crippen LogP) is 1.28. The van der Waals surface area contributed by atoms with Crippen LogP contribution in [-0.2, 0) is 14.3 Å². The molecule has 1 aliphatic heterocycles. The molecule has 0 amide bonds. The molecule has 3 nitrogen and oxygen atoms in total. The summed E-state index contributed by atoms with van der Waals surface area (Å²) in [6.45, 7) is 7.88. The summed E-state index contributed by atoms with van der Waals surface area (Å²) in [6.07, 6.45) is 2.01. The molecule has 2 atom stereocenters. The predicted molar refractivity (Wildman–Crippen MR) is 44.7 cm³/mol. The molecule has 0 N–H and O–H groups in total. The van der Waals surface area contributed by atoms with Gasteiger partial charge in [-0.05, 0) is 13.3 Å². The van der Waals surface area contributed by atoms with Crippen LogP contribution in [0, 0.1) is 0 Å². The van der Waals surface area contributed by atoms with Gasteiger partial charge >= 0.3 is 5.97 Å². The Morgan fingerprint density at radius 2 is 2.50 bits per heavy atom. The zero-order valence-electron chi connectivity index (χ0n) is 7.50. The maximum absolute atomic E-state index is 10.9. The van der Waals surface area contributed by atoms with Crippen LogP contribution in [0.3, 0.4) is 0 Å². The van der Waals surface area contributed by atoms with Gasteiger partial charge in [0.25, 0.3) is 0 Å². The van der Waals surface area contributed by atoms with E-state index in [-0.39, 0.29) is 12.1 Å². The van der Waals surface area contributed by atoms with E-state index in [0.717, 1.165) is 6.42 Å². The second-order valence-corrected chi connectivity index (χ2v) is 3.11. The standard InChI is InChI=1S/C9H14O3/c1-4-8(10)12-9(3,5-2)7-6-11-7/h4,7H,1,5-6H2,2-3H3.